The molecule has 0 unspecified atom stereocenters. The quantitative estimate of drug-likeness (QED) is 0.905. The van der Waals surface area contributed by atoms with Crippen LogP contribution in [0.1, 0.15) is 16.1 Å². The number of rotatable bonds is 3. The van der Waals surface area contributed by atoms with Crippen molar-refractivity contribution in [1.29, 1.82) is 0 Å². The lowest BCUT2D eigenvalue weighted by Crippen LogP contribution is -2.06. The van der Waals surface area contributed by atoms with E-state index in [1.807, 2.05) is 0 Å². The lowest BCUT2D eigenvalue weighted by atomic mass is 10.1. The minimum atomic E-state index is -4.82. The summed E-state index contributed by atoms with van der Waals surface area (Å²) >= 11 is 0. The lowest BCUT2D eigenvalue weighted by molar-refractivity contribution is -0.138. The van der Waals surface area contributed by atoms with Crippen LogP contribution in [0.3, 0.4) is 0 Å². The maximum Gasteiger partial charge on any atom is 0.420 e. The van der Waals surface area contributed by atoms with Crippen molar-refractivity contribution in [3.63, 3.8) is 0 Å². The van der Waals surface area contributed by atoms with Crippen molar-refractivity contribution < 1.29 is 37.4 Å². The molecule has 2 N–H and O–H groups in total. The topological polar surface area (TPSA) is 92.8 Å². The Morgan fingerprint density at radius 2 is 2.00 bits per heavy atom. The van der Waals surface area contributed by atoms with E-state index in [0.717, 1.165) is 19.2 Å². The fourth-order valence-electron chi connectivity index (χ4n) is 1.63. The van der Waals surface area contributed by atoms with E-state index in [4.69, 9.17) is 5.11 Å². The average Bonchev–Trinajstić information content (AvgIpc) is 2.87. The Balaban J connectivity index is 2.60. The first-order chi connectivity index (χ1) is 9.74. The van der Waals surface area contributed by atoms with Crippen LogP contribution in [0.5, 0.6) is 11.5 Å². The molecule has 1 aromatic heterocycles. The summed E-state index contributed by atoms with van der Waals surface area (Å²) in [5, 5.41) is 21.4. The van der Waals surface area contributed by atoms with Crippen LogP contribution >= 0.6 is 0 Å². The zero-order chi connectivity index (χ0) is 15.8. The number of carbonyl (C=O) groups is 1. The highest BCUT2D eigenvalue weighted by Crippen LogP contribution is 2.43. The Labute approximate surface area is 115 Å². The second-order valence-corrected chi connectivity index (χ2v) is 3.95. The van der Waals surface area contributed by atoms with Crippen molar-refractivity contribution in [1.82, 2.24) is 5.16 Å². The third-order valence-electron chi connectivity index (χ3n) is 2.61. The van der Waals surface area contributed by atoms with Gasteiger partial charge in [0, 0.05) is 11.6 Å². The number of benzene rings is 1. The van der Waals surface area contributed by atoms with E-state index in [-0.39, 0.29) is 11.3 Å². The molecular formula is C12H8F3NO5. The molecule has 9 heteroatoms. The number of ether oxygens (including phenoxy) is 1. The number of methoxy groups -OCH3 is 1. The number of hydrogen-bond donors (Lipinski definition) is 2. The van der Waals surface area contributed by atoms with Crippen molar-refractivity contribution in [3.05, 3.63) is 29.5 Å². The van der Waals surface area contributed by atoms with Gasteiger partial charge in [-0.3, -0.25) is 0 Å². The van der Waals surface area contributed by atoms with Crippen LogP contribution in [0.25, 0.3) is 11.3 Å². The monoisotopic (exact) mass is 303 g/mol. The molecule has 1 aromatic carbocycles. The average molecular weight is 303 g/mol. The van der Waals surface area contributed by atoms with Gasteiger partial charge in [0.25, 0.3) is 0 Å². The van der Waals surface area contributed by atoms with Crippen LogP contribution < -0.4 is 4.74 Å². The molecule has 0 radical (unpaired) electrons. The second kappa shape index (κ2) is 5.00. The third-order valence-corrected chi connectivity index (χ3v) is 2.61. The number of halogens is 3. The molecule has 112 valence electrons. The van der Waals surface area contributed by atoms with E-state index in [2.05, 4.69) is 14.4 Å². The molecule has 6 nitrogen and oxygen atoms in total. The van der Waals surface area contributed by atoms with E-state index >= 15 is 0 Å². The van der Waals surface area contributed by atoms with E-state index in [1.165, 1.54) is 0 Å². The maximum atomic E-state index is 12.8. The van der Waals surface area contributed by atoms with Crippen LogP contribution in [0.4, 0.5) is 13.2 Å². The van der Waals surface area contributed by atoms with Crippen molar-refractivity contribution in [2.75, 3.05) is 7.11 Å². The fourth-order valence-corrected chi connectivity index (χ4v) is 1.63. The standard InChI is InChI=1S/C12H8F3NO5/c1-20-9-3-5(2-6(10(9)17)12(13,14)15)8-4-7(11(18)19)16-21-8/h2-4,17H,1H3,(H,18,19). The highest BCUT2D eigenvalue weighted by Gasteiger charge is 2.36. The second-order valence-electron chi connectivity index (χ2n) is 3.95. The van der Waals surface area contributed by atoms with Gasteiger partial charge in [0.2, 0.25) is 0 Å². The predicted molar refractivity (Wildman–Crippen MR) is 62.1 cm³/mol. The van der Waals surface area contributed by atoms with Gasteiger partial charge in [-0.2, -0.15) is 13.2 Å². The Hall–Kier alpha value is -2.71. The summed E-state index contributed by atoms with van der Waals surface area (Å²) in [6.45, 7) is 0. The summed E-state index contributed by atoms with van der Waals surface area (Å²) < 4.78 is 47.9. The van der Waals surface area contributed by atoms with Crippen molar-refractivity contribution >= 4 is 5.97 Å². The predicted octanol–water partition coefficient (Wildman–Crippen LogP) is 2.77. The number of phenols is 1. The summed E-state index contributed by atoms with van der Waals surface area (Å²) in [6.07, 6.45) is -4.82. The van der Waals surface area contributed by atoms with Gasteiger partial charge in [-0.05, 0) is 12.1 Å². The highest BCUT2D eigenvalue weighted by molar-refractivity contribution is 5.86. The molecule has 0 saturated carbocycles. The molecule has 2 aromatic rings. The van der Waals surface area contributed by atoms with E-state index < -0.39 is 34.9 Å². The maximum absolute atomic E-state index is 12.8. The molecular weight excluding hydrogens is 295 g/mol. The first-order valence-corrected chi connectivity index (χ1v) is 5.42. The number of aromatic carboxylic acids is 1. The molecule has 0 spiro atoms. The van der Waals surface area contributed by atoms with Crippen LogP contribution in [0, 0.1) is 0 Å². The van der Waals surface area contributed by atoms with E-state index in [0.29, 0.717) is 6.07 Å². The van der Waals surface area contributed by atoms with Crippen molar-refractivity contribution in [2.24, 2.45) is 0 Å². The normalized spacial score (nSPS) is 11.4. The SMILES string of the molecule is COc1cc(-c2cc(C(=O)O)no2)cc(C(F)(F)F)c1O. The molecule has 21 heavy (non-hydrogen) atoms. The Morgan fingerprint density at radius 1 is 1.33 bits per heavy atom. The summed E-state index contributed by atoms with van der Waals surface area (Å²) in [7, 11) is 1.09. The summed E-state index contributed by atoms with van der Waals surface area (Å²) in [6, 6.07) is 2.66. The van der Waals surface area contributed by atoms with E-state index in [9.17, 15) is 23.1 Å². The molecule has 0 bridgehead atoms. The zero-order valence-corrected chi connectivity index (χ0v) is 10.4. The van der Waals surface area contributed by atoms with Gasteiger partial charge in [0.1, 0.15) is 5.56 Å². The molecule has 0 fully saturated rings. The fraction of sp³-hybridized carbons (Fsp3) is 0.167. The molecule has 0 aliphatic carbocycles. The minimum Gasteiger partial charge on any atom is -0.504 e. The summed E-state index contributed by atoms with van der Waals surface area (Å²) in [4.78, 5) is 10.7. The summed E-state index contributed by atoms with van der Waals surface area (Å²) in [5.41, 5.74) is -1.91. The van der Waals surface area contributed by atoms with E-state index in [1.54, 1.807) is 0 Å². The molecule has 0 amide bonds. The number of carboxylic acid groups (broad SMARTS) is 1. The van der Waals surface area contributed by atoms with Crippen LogP contribution in [0.2, 0.25) is 0 Å². The molecule has 1 heterocycles. The smallest absolute Gasteiger partial charge is 0.420 e. The largest absolute Gasteiger partial charge is 0.504 e. The van der Waals surface area contributed by atoms with Gasteiger partial charge in [-0.1, -0.05) is 5.16 Å². The Kier molecular flexibility index (Phi) is 3.50. The van der Waals surface area contributed by atoms with Crippen LogP contribution in [-0.2, 0) is 6.18 Å². The van der Waals surface area contributed by atoms with Crippen LogP contribution in [0.15, 0.2) is 22.7 Å². The number of aromatic nitrogens is 1. The molecule has 0 aliphatic heterocycles. The van der Waals surface area contributed by atoms with Crippen molar-refractivity contribution in [3.8, 4) is 22.8 Å². The number of aromatic hydroxyl groups is 1. The number of hydrogen-bond acceptors (Lipinski definition) is 5. The van der Waals surface area contributed by atoms with Crippen LogP contribution in [-0.4, -0.2) is 28.4 Å². The molecule has 0 aliphatic rings. The Bertz CT molecular complexity index is 693. The van der Waals surface area contributed by atoms with Crippen molar-refractivity contribution in [2.45, 2.75) is 6.18 Å². The molecule has 0 atom stereocenters. The first-order valence-electron chi connectivity index (χ1n) is 5.42. The van der Waals surface area contributed by atoms with Gasteiger partial charge < -0.3 is 19.5 Å². The number of alkyl halides is 3. The third kappa shape index (κ3) is 2.76. The zero-order valence-electron chi connectivity index (χ0n) is 10.4. The number of nitrogens with zero attached hydrogens (tertiary/aromatic N) is 1. The molecule has 0 saturated heterocycles. The van der Waals surface area contributed by atoms with Gasteiger partial charge in [0.05, 0.1) is 7.11 Å². The van der Waals surface area contributed by atoms with Gasteiger partial charge in [-0.25, -0.2) is 4.79 Å². The first kappa shape index (κ1) is 14.7. The van der Waals surface area contributed by atoms with Gasteiger partial charge in [0.15, 0.2) is 23.0 Å². The van der Waals surface area contributed by atoms with Gasteiger partial charge in [-0.15, -0.1) is 0 Å². The van der Waals surface area contributed by atoms with Gasteiger partial charge >= 0.3 is 12.1 Å². The molecule has 2 rings (SSSR count). The number of carboxylic acids is 1. The summed E-state index contributed by atoms with van der Waals surface area (Å²) in [5.74, 6) is -3.07. The lowest BCUT2D eigenvalue weighted by Gasteiger charge is -2.13. The highest BCUT2D eigenvalue weighted by atomic mass is 19.4. The Morgan fingerprint density at radius 3 is 2.48 bits per heavy atom. The minimum absolute atomic E-state index is 0.128. The number of phenolic OH excluding ortho intramolecular Hbond substituents is 1.